The first-order chi connectivity index (χ1) is 34.2. The summed E-state index contributed by atoms with van der Waals surface area (Å²) in [5, 5.41) is 18.2. The Hall–Kier alpha value is -1.83. The van der Waals surface area contributed by atoms with E-state index in [2.05, 4.69) is 114 Å². The van der Waals surface area contributed by atoms with Gasteiger partial charge in [0.25, 0.3) is 0 Å². The average molecular weight is 1010 g/mol. The van der Waals surface area contributed by atoms with Gasteiger partial charge in [0.1, 0.15) is 0 Å². The van der Waals surface area contributed by atoms with Gasteiger partial charge in [-0.3, -0.25) is 14.5 Å². The number of rotatable bonds is 24. The van der Waals surface area contributed by atoms with E-state index in [1.54, 1.807) is 0 Å². The van der Waals surface area contributed by atoms with E-state index in [0.29, 0.717) is 53.9 Å². The van der Waals surface area contributed by atoms with Crippen molar-refractivity contribution in [2.45, 2.75) is 327 Å². The van der Waals surface area contributed by atoms with Crippen molar-refractivity contribution in [3.8, 4) is 0 Å². The quantitative estimate of drug-likeness (QED) is 0.0857. The highest BCUT2D eigenvalue weighted by atomic mass is 16.7. The Balaban J connectivity index is 0.914. The molecule has 3 aliphatic heterocycles. The van der Waals surface area contributed by atoms with Crippen LogP contribution in [0.5, 0.6) is 0 Å². The fourth-order valence-corrected chi connectivity index (χ4v) is 14.8. The molecule has 6 fully saturated rings. The summed E-state index contributed by atoms with van der Waals surface area (Å²) in [5.41, 5.74) is 0.169. The molecule has 72 heavy (non-hydrogen) atoms. The zero-order valence-corrected chi connectivity index (χ0v) is 48.7. The van der Waals surface area contributed by atoms with Gasteiger partial charge in [-0.25, -0.2) is 0 Å². The first-order valence-electron chi connectivity index (χ1n) is 30.6. The van der Waals surface area contributed by atoms with Crippen molar-refractivity contribution in [1.82, 2.24) is 30.1 Å². The second kappa shape index (κ2) is 25.5. The van der Waals surface area contributed by atoms with Crippen LogP contribution in [-0.2, 0) is 14.5 Å². The van der Waals surface area contributed by atoms with Gasteiger partial charge in [-0.2, -0.15) is 30.1 Å². The third kappa shape index (κ3) is 15.2. The molecule has 3 saturated heterocycles. The van der Waals surface area contributed by atoms with Gasteiger partial charge in [-0.15, -0.1) is 0 Å². The molecule has 12 heteroatoms. The van der Waals surface area contributed by atoms with Crippen LogP contribution in [0.15, 0.2) is 0 Å². The van der Waals surface area contributed by atoms with Crippen molar-refractivity contribution in [3.05, 3.63) is 0 Å². The molecule has 3 unspecified atom stereocenters. The number of hydrogen-bond acceptors (Lipinski definition) is 12. The van der Waals surface area contributed by atoms with E-state index in [1.165, 1.54) is 173 Å². The molecule has 3 atom stereocenters. The van der Waals surface area contributed by atoms with Gasteiger partial charge in [-0.1, -0.05) is 77.0 Å². The summed E-state index contributed by atoms with van der Waals surface area (Å²) >= 11 is 0. The van der Waals surface area contributed by atoms with E-state index in [-0.39, 0.29) is 33.2 Å². The fourth-order valence-electron chi connectivity index (χ4n) is 14.8. The lowest BCUT2D eigenvalue weighted by molar-refractivity contribution is -0.320. The van der Waals surface area contributed by atoms with Crippen molar-refractivity contribution in [2.24, 2.45) is 17.8 Å². The highest BCUT2D eigenvalue weighted by Crippen LogP contribution is 2.48. The Morgan fingerprint density at radius 2 is 0.611 bits per heavy atom. The maximum atomic E-state index is 6.90. The lowest BCUT2D eigenvalue weighted by Gasteiger charge is -2.56. The van der Waals surface area contributed by atoms with Crippen molar-refractivity contribution in [3.63, 3.8) is 0 Å². The number of unbranched alkanes of at least 4 members (excludes halogenated alkanes) is 3. The molecule has 3 saturated carbocycles. The van der Waals surface area contributed by atoms with Gasteiger partial charge in [-0.05, 0) is 216 Å². The molecule has 6 aliphatic rings. The monoisotopic (exact) mass is 1010 g/mol. The molecular formula is C60H111N9O3. The molecule has 3 N–H and O–H groups in total. The number of hydrogen-bond donors (Lipinski definition) is 3. The first kappa shape index (κ1) is 57.9. The standard InChI is InChI=1S/C60H111N9O3/c1-55(2)40-37-46(58(7,8)67(55)70-49-31-16-13-17-32-49)28-22-25-43-61-52-64-53(62-44-26-23-29-47-38-41-56(3,4)68(59(47,9)10)71-50-33-18-14-19-34-50)66-54(65-52)63-45-27-24-30-48-39-42-57(5,6)69(60(48,11)12)72-51-35-20-15-21-36-51/h46-51H,13-45H2,1-12H3,(H3,61,62,63,64,65,66). The second-order valence-corrected chi connectivity index (χ2v) is 27.7. The minimum atomic E-state index is 0.00160. The van der Waals surface area contributed by atoms with Crippen LogP contribution in [0.3, 0.4) is 0 Å². The van der Waals surface area contributed by atoms with E-state index >= 15 is 0 Å². The van der Waals surface area contributed by atoms with Crippen molar-refractivity contribution in [1.29, 1.82) is 0 Å². The molecule has 1 aromatic heterocycles. The average Bonchev–Trinajstić information content (AvgIpc) is 3.33. The maximum absolute atomic E-state index is 6.90. The van der Waals surface area contributed by atoms with Crippen LogP contribution < -0.4 is 16.0 Å². The minimum Gasteiger partial charge on any atom is -0.354 e. The van der Waals surface area contributed by atoms with E-state index < -0.39 is 0 Å². The van der Waals surface area contributed by atoms with Crippen LogP contribution in [0.1, 0.15) is 276 Å². The fraction of sp³-hybridized carbons (Fsp3) is 0.950. The lowest BCUT2D eigenvalue weighted by Crippen LogP contribution is -2.63. The van der Waals surface area contributed by atoms with Gasteiger partial charge in [0.05, 0.1) is 18.3 Å². The molecule has 414 valence electrons. The summed E-state index contributed by atoms with van der Waals surface area (Å²) in [6.07, 6.45) is 37.8. The minimum absolute atomic E-state index is 0.00160. The highest BCUT2D eigenvalue weighted by molar-refractivity contribution is 5.42. The lowest BCUT2D eigenvalue weighted by atomic mass is 9.72. The van der Waals surface area contributed by atoms with Gasteiger partial charge in [0.2, 0.25) is 17.8 Å². The number of nitrogens with zero attached hydrogens (tertiary/aromatic N) is 6. The molecule has 0 spiro atoms. The molecule has 7 rings (SSSR count). The van der Waals surface area contributed by atoms with Crippen LogP contribution in [0, 0.1) is 17.8 Å². The van der Waals surface area contributed by atoms with Gasteiger partial charge in [0.15, 0.2) is 0 Å². The topological polar surface area (TPSA) is 112 Å². The first-order valence-corrected chi connectivity index (χ1v) is 30.6. The molecule has 12 nitrogen and oxygen atoms in total. The summed E-state index contributed by atoms with van der Waals surface area (Å²) in [7, 11) is 0. The van der Waals surface area contributed by atoms with Crippen molar-refractivity contribution < 1.29 is 14.5 Å². The molecule has 0 amide bonds. The van der Waals surface area contributed by atoms with Crippen LogP contribution in [0.2, 0.25) is 0 Å². The molecule has 0 aromatic carbocycles. The van der Waals surface area contributed by atoms with E-state index in [4.69, 9.17) is 29.5 Å². The van der Waals surface area contributed by atoms with Crippen LogP contribution in [0.25, 0.3) is 0 Å². The summed E-state index contributed by atoms with van der Waals surface area (Å²) < 4.78 is 0. The van der Waals surface area contributed by atoms with E-state index in [0.717, 1.165) is 38.9 Å². The van der Waals surface area contributed by atoms with Gasteiger partial charge < -0.3 is 16.0 Å². The second-order valence-electron chi connectivity index (χ2n) is 27.7. The summed E-state index contributed by atoms with van der Waals surface area (Å²) in [4.78, 5) is 35.5. The smallest absolute Gasteiger partial charge is 0.229 e. The van der Waals surface area contributed by atoms with Crippen LogP contribution in [0.4, 0.5) is 17.8 Å². The van der Waals surface area contributed by atoms with E-state index in [9.17, 15) is 0 Å². The molecule has 0 bridgehead atoms. The van der Waals surface area contributed by atoms with Gasteiger partial charge >= 0.3 is 0 Å². The number of hydroxylamine groups is 6. The van der Waals surface area contributed by atoms with Crippen molar-refractivity contribution in [2.75, 3.05) is 35.6 Å². The zero-order chi connectivity index (χ0) is 51.6. The number of anilines is 3. The number of nitrogens with one attached hydrogen (secondary N) is 3. The molecule has 0 radical (unpaired) electrons. The number of aromatic nitrogens is 3. The highest BCUT2D eigenvalue weighted by Gasteiger charge is 2.51. The third-order valence-electron chi connectivity index (χ3n) is 19.4. The largest absolute Gasteiger partial charge is 0.354 e. The molecule has 1 aromatic rings. The Labute approximate surface area is 441 Å². The SMILES string of the molecule is CC1(C)CCC(CCCCNc2nc(NCCCCC3CCC(C)(C)N(OC4CCCCC4)C3(C)C)nc(NCCCCC3CCC(C)(C)N(OC4CCCCC4)C3(C)C)n2)C(C)(C)N1OC1CCCCC1. The van der Waals surface area contributed by atoms with Crippen LogP contribution >= 0.6 is 0 Å². The molecular weight excluding hydrogens is 895 g/mol. The molecule has 3 aliphatic carbocycles. The van der Waals surface area contributed by atoms with Gasteiger partial charge in [0, 0.05) is 52.9 Å². The Bertz CT molecular complexity index is 1560. The predicted molar refractivity (Wildman–Crippen MR) is 299 cm³/mol. The Kier molecular flexibility index (Phi) is 20.5. The number of piperidine rings is 3. The summed E-state index contributed by atoms with van der Waals surface area (Å²) in [5.74, 6) is 3.80. The third-order valence-corrected chi connectivity index (χ3v) is 19.4. The maximum Gasteiger partial charge on any atom is 0.229 e. The Morgan fingerprint density at radius 3 is 0.861 bits per heavy atom. The van der Waals surface area contributed by atoms with Crippen LogP contribution in [-0.4, -0.2) is 101 Å². The zero-order valence-electron chi connectivity index (χ0n) is 48.7. The summed E-state index contributed by atoms with van der Waals surface area (Å²) in [6, 6.07) is 0. The van der Waals surface area contributed by atoms with E-state index in [1.807, 2.05) is 0 Å². The summed E-state index contributed by atoms with van der Waals surface area (Å²) in [6.45, 7) is 31.5. The van der Waals surface area contributed by atoms with Crippen molar-refractivity contribution >= 4 is 17.8 Å². The normalized spacial score (nSPS) is 28.4. The Morgan fingerprint density at radius 1 is 0.361 bits per heavy atom. The predicted octanol–water partition coefficient (Wildman–Crippen LogP) is 15.2. The molecule has 4 heterocycles.